The van der Waals surface area contributed by atoms with Crippen molar-refractivity contribution in [1.29, 1.82) is 0 Å². The highest BCUT2D eigenvalue weighted by Gasteiger charge is 2.12. The van der Waals surface area contributed by atoms with Crippen LogP contribution in [0, 0.1) is 0 Å². The number of hydrogen-bond acceptors (Lipinski definition) is 9. The van der Waals surface area contributed by atoms with Gasteiger partial charge in [0.2, 0.25) is 11.1 Å². The molecule has 0 aliphatic rings. The van der Waals surface area contributed by atoms with Crippen molar-refractivity contribution in [3.8, 4) is 5.75 Å². The number of anilines is 2. The predicted molar refractivity (Wildman–Crippen MR) is 108 cm³/mol. The van der Waals surface area contributed by atoms with Crippen LogP contribution in [0.2, 0.25) is 0 Å². The molecule has 0 saturated carbocycles. The van der Waals surface area contributed by atoms with E-state index in [2.05, 4.69) is 31.0 Å². The number of aromatic nitrogens is 4. The lowest BCUT2D eigenvalue weighted by molar-refractivity contribution is -0.113. The molecule has 144 valence electrons. The molecule has 0 aliphatic heterocycles. The van der Waals surface area contributed by atoms with Crippen molar-refractivity contribution in [2.75, 3.05) is 29.4 Å². The molecule has 0 unspecified atom stereocenters. The first-order valence-corrected chi connectivity index (χ1v) is 9.10. The molecule has 2 aromatic heterocycles. The van der Waals surface area contributed by atoms with Crippen molar-refractivity contribution in [3.05, 3.63) is 54.4 Å². The van der Waals surface area contributed by atoms with Crippen molar-refractivity contribution < 1.29 is 9.53 Å². The van der Waals surface area contributed by atoms with Crippen LogP contribution in [0.3, 0.4) is 0 Å². The highest BCUT2D eigenvalue weighted by molar-refractivity contribution is 7.99. The molecule has 28 heavy (non-hydrogen) atoms. The van der Waals surface area contributed by atoms with Gasteiger partial charge in [0.1, 0.15) is 5.75 Å². The van der Waals surface area contributed by atoms with Crippen LogP contribution in [0.25, 0.3) is 0 Å². The topological polar surface area (TPSA) is 132 Å². The molecule has 0 radical (unpaired) electrons. The van der Waals surface area contributed by atoms with Crippen molar-refractivity contribution in [1.82, 2.24) is 19.9 Å². The number of rotatable bonds is 8. The van der Waals surface area contributed by atoms with Crippen LogP contribution >= 0.6 is 11.8 Å². The van der Waals surface area contributed by atoms with Crippen LogP contribution in [0.1, 0.15) is 5.56 Å². The molecule has 1 aromatic carbocycles. The van der Waals surface area contributed by atoms with E-state index in [1.54, 1.807) is 56.0 Å². The van der Waals surface area contributed by atoms with Gasteiger partial charge in [-0.3, -0.25) is 9.78 Å². The van der Waals surface area contributed by atoms with Crippen LogP contribution in [-0.2, 0) is 4.79 Å². The number of ether oxygens (including phenoxy) is 1. The molecular formula is C17H18N8O2S. The number of benzene rings is 1. The number of nitrogen functional groups attached to an aromatic ring is 1. The third-order valence-corrected chi connectivity index (χ3v) is 4.38. The van der Waals surface area contributed by atoms with E-state index in [0.29, 0.717) is 10.8 Å². The third-order valence-electron chi connectivity index (χ3n) is 3.43. The molecule has 11 heteroatoms. The summed E-state index contributed by atoms with van der Waals surface area (Å²) in [4.78, 5) is 16.1. The van der Waals surface area contributed by atoms with Gasteiger partial charge >= 0.3 is 0 Å². The van der Waals surface area contributed by atoms with E-state index in [4.69, 9.17) is 10.6 Å². The fourth-order valence-electron chi connectivity index (χ4n) is 2.07. The van der Waals surface area contributed by atoms with Gasteiger partial charge in [0.15, 0.2) is 0 Å². The summed E-state index contributed by atoms with van der Waals surface area (Å²) in [7, 11) is 1.58. The number of amides is 1. The summed E-state index contributed by atoms with van der Waals surface area (Å²) in [5.41, 5.74) is 4.20. The molecule has 3 rings (SSSR count). The molecule has 3 aromatic rings. The second kappa shape index (κ2) is 9.37. The first-order chi connectivity index (χ1) is 13.7. The maximum Gasteiger partial charge on any atom is 0.264 e. The number of carbonyl (C=O) groups excluding carboxylic acids is 1. The van der Waals surface area contributed by atoms with Gasteiger partial charge in [-0.05, 0) is 30.3 Å². The molecular weight excluding hydrogens is 380 g/mol. The van der Waals surface area contributed by atoms with E-state index in [0.717, 1.165) is 23.1 Å². The minimum Gasteiger partial charge on any atom is -0.497 e. The van der Waals surface area contributed by atoms with Gasteiger partial charge in [0.25, 0.3) is 5.95 Å². The van der Waals surface area contributed by atoms with Gasteiger partial charge in [0, 0.05) is 23.6 Å². The average molecular weight is 398 g/mol. The Bertz CT molecular complexity index is 944. The van der Waals surface area contributed by atoms with Crippen LogP contribution in [0.15, 0.2) is 59.0 Å². The number of nitrogens with one attached hydrogen (secondary N) is 2. The first kappa shape index (κ1) is 19.2. The van der Waals surface area contributed by atoms with Gasteiger partial charge in [-0.2, -0.15) is 5.10 Å². The second-order valence-corrected chi connectivity index (χ2v) is 6.34. The summed E-state index contributed by atoms with van der Waals surface area (Å²) < 4.78 is 6.31. The number of nitrogens with zero attached hydrogens (tertiary/aromatic N) is 5. The number of hydrazone groups is 1. The number of carbonyl (C=O) groups is 1. The summed E-state index contributed by atoms with van der Waals surface area (Å²) in [5.74, 6) is 6.83. The molecule has 4 N–H and O–H groups in total. The molecule has 0 bridgehead atoms. The van der Waals surface area contributed by atoms with Gasteiger partial charge in [-0.25, -0.2) is 10.1 Å². The summed E-state index contributed by atoms with van der Waals surface area (Å²) in [5, 5.41) is 15.1. The predicted octanol–water partition coefficient (Wildman–Crippen LogP) is 1.57. The Hall–Kier alpha value is -3.60. The van der Waals surface area contributed by atoms with E-state index in [-0.39, 0.29) is 17.6 Å². The zero-order chi connectivity index (χ0) is 19.8. The van der Waals surface area contributed by atoms with Crippen LogP contribution in [-0.4, -0.2) is 44.8 Å². The molecule has 2 heterocycles. The Morgan fingerprint density at radius 3 is 2.86 bits per heavy atom. The molecule has 10 nitrogen and oxygen atoms in total. The van der Waals surface area contributed by atoms with E-state index in [1.807, 2.05) is 6.07 Å². The zero-order valence-electron chi connectivity index (χ0n) is 14.9. The van der Waals surface area contributed by atoms with Gasteiger partial charge in [0.05, 0.1) is 19.1 Å². The van der Waals surface area contributed by atoms with Crippen molar-refractivity contribution in [3.63, 3.8) is 0 Å². The summed E-state index contributed by atoms with van der Waals surface area (Å²) in [6.07, 6.45) is 4.92. The van der Waals surface area contributed by atoms with E-state index >= 15 is 0 Å². The van der Waals surface area contributed by atoms with Gasteiger partial charge < -0.3 is 15.9 Å². The van der Waals surface area contributed by atoms with Gasteiger partial charge in [-0.15, -0.1) is 10.2 Å². The lowest BCUT2D eigenvalue weighted by Crippen LogP contribution is -2.16. The number of methoxy groups -OCH3 is 1. The maximum absolute atomic E-state index is 12.1. The Morgan fingerprint density at radius 1 is 1.32 bits per heavy atom. The van der Waals surface area contributed by atoms with Crippen LogP contribution < -0.4 is 21.3 Å². The smallest absolute Gasteiger partial charge is 0.264 e. The molecule has 0 fully saturated rings. The lowest BCUT2D eigenvalue weighted by atomic mass is 10.3. The Labute approximate surface area is 165 Å². The minimum absolute atomic E-state index is 0.125. The highest BCUT2D eigenvalue weighted by atomic mass is 32.2. The van der Waals surface area contributed by atoms with Crippen molar-refractivity contribution >= 4 is 35.5 Å². The SMILES string of the molecule is COc1ccc(NC(=O)CSc2nnc(N/N=C/c3cccnc3)n2N)cc1. The monoisotopic (exact) mass is 398 g/mol. The molecule has 0 atom stereocenters. The summed E-state index contributed by atoms with van der Waals surface area (Å²) in [6, 6.07) is 10.7. The number of thioether (sulfide) groups is 1. The number of hydrogen-bond donors (Lipinski definition) is 3. The van der Waals surface area contributed by atoms with Crippen LogP contribution in [0.4, 0.5) is 11.6 Å². The highest BCUT2D eigenvalue weighted by Crippen LogP contribution is 2.18. The van der Waals surface area contributed by atoms with Crippen molar-refractivity contribution in [2.24, 2.45) is 5.10 Å². The summed E-state index contributed by atoms with van der Waals surface area (Å²) in [6.45, 7) is 0. The molecule has 0 spiro atoms. The maximum atomic E-state index is 12.1. The minimum atomic E-state index is -0.192. The normalized spacial score (nSPS) is 10.8. The standard InChI is InChI=1S/C17H18N8O2S/c1-27-14-6-4-13(5-7-14)21-15(26)11-28-17-24-23-16(25(17)18)22-20-10-12-3-2-8-19-9-12/h2-10H,11,18H2,1H3,(H,21,26)(H,22,23)/b20-10+. The van der Waals surface area contributed by atoms with E-state index in [1.165, 1.54) is 4.68 Å². The fourth-order valence-corrected chi connectivity index (χ4v) is 2.73. The quantitative estimate of drug-likeness (QED) is 0.225. The summed E-state index contributed by atoms with van der Waals surface area (Å²) >= 11 is 1.16. The van der Waals surface area contributed by atoms with Gasteiger partial charge in [-0.1, -0.05) is 17.8 Å². The van der Waals surface area contributed by atoms with Crippen molar-refractivity contribution in [2.45, 2.75) is 5.16 Å². The lowest BCUT2D eigenvalue weighted by Gasteiger charge is -2.06. The second-order valence-electron chi connectivity index (χ2n) is 5.40. The molecule has 0 saturated heterocycles. The third kappa shape index (κ3) is 5.20. The largest absolute Gasteiger partial charge is 0.497 e. The van der Waals surface area contributed by atoms with Crippen LogP contribution in [0.5, 0.6) is 5.75 Å². The average Bonchev–Trinajstić information content (AvgIpc) is 3.07. The Balaban J connectivity index is 1.50. The molecule has 1 amide bonds. The fraction of sp³-hybridized carbons (Fsp3) is 0.118. The first-order valence-electron chi connectivity index (χ1n) is 8.12. The number of pyridine rings is 1. The Morgan fingerprint density at radius 2 is 2.14 bits per heavy atom. The molecule has 0 aliphatic carbocycles. The number of nitrogens with two attached hydrogens (primary N) is 1. The van der Waals surface area contributed by atoms with E-state index < -0.39 is 0 Å². The Kier molecular flexibility index (Phi) is 6.41. The van der Waals surface area contributed by atoms with E-state index in [9.17, 15) is 4.79 Å². The zero-order valence-corrected chi connectivity index (χ0v) is 15.8.